The summed E-state index contributed by atoms with van der Waals surface area (Å²) in [5.41, 5.74) is 0.588. The van der Waals surface area contributed by atoms with E-state index < -0.39 is 29.2 Å². The highest BCUT2D eigenvalue weighted by atomic mass is 35.5. The number of piperazine rings is 1. The molecule has 3 aromatic rings. The van der Waals surface area contributed by atoms with Gasteiger partial charge in [-0.3, -0.25) is 4.90 Å². The number of amidine groups is 1. The number of nitrogens with zero attached hydrogens (tertiary/aromatic N) is 3. The first-order chi connectivity index (χ1) is 22.5. The van der Waals surface area contributed by atoms with Crippen LogP contribution in [0, 0.1) is 18.6 Å². The number of phenols is 1. The van der Waals surface area contributed by atoms with Gasteiger partial charge in [0, 0.05) is 50.1 Å². The number of benzene rings is 3. The van der Waals surface area contributed by atoms with Crippen LogP contribution in [-0.4, -0.2) is 89.8 Å². The van der Waals surface area contributed by atoms with Crippen LogP contribution in [0.3, 0.4) is 0 Å². The minimum absolute atomic E-state index is 0.0112. The van der Waals surface area contributed by atoms with Crippen LogP contribution >= 0.6 is 11.6 Å². The number of aromatic hydroxyl groups is 1. The molecular formula is C35H39ClF3N5O3. The number of halogens is 4. The van der Waals surface area contributed by atoms with Gasteiger partial charge in [0.15, 0.2) is 11.6 Å². The molecule has 0 spiro atoms. The molecule has 8 nitrogen and oxygen atoms in total. The van der Waals surface area contributed by atoms with Crippen molar-refractivity contribution in [1.82, 2.24) is 15.1 Å². The number of fused-ring (bicyclic) bond motifs is 4. The molecule has 0 bridgehead atoms. The van der Waals surface area contributed by atoms with Gasteiger partial charge in [0.2, 0.25) is 5.85 Å². The van der Waals surface area contributed by atoms with Crippen LogP contribution < -0.4 is 15.4 Å². The molecule has 250 valence electrons. The minimum Gasteiger partial charge on any atom is -0.508 e. The summed E-state index contributed by atoms with van der Waals surface area (Å²) in [5, 5.41) is 18.5. The normalized spacial score (nSPS) is 29.9. The van der Waals surface area contributed by atoms with Gasteiger partial charge in [-0.1, -0.05) is 24.6 Å². The summed E-state index contributed by atoms with van der Waals surface area (Å²) in [4.78, 5) is 9.47. The van der Waals surface area contributed by atoms with E-state index in [9.17, 15) is 13.9 Å². The number of phenolic OH excluding ortho intramolecular Hbond substituents is 1. The summed E-state index contributed by atoms with van der Waals surface area (Å²) in [7, 11) is 0. The van der Waals surface area contributed by atoms with Crippen LogP contribution in [0.2, 0.25) is 5.02 Å². The van der Waals surface area contributed by atoms with Crippen molar-refractivity contribution in [2.45, 2.75) is 76.1 Å². The van der Waals surface area contributed by atoms with E-state index in [0.29, 0.717) is 53.8 Å². The maximum absolute atomic E-state index is 17.4. The van der Waals surface area contributed by atoms with Crippen LogP contribution in [0.25, 0.3) is 21.9 Å². The summed E-state index contributed by atoms with van der Waals surface area (Å²) in [6.45, 7) is 8.50. The highest BCUT2D eigenvalue weighted by Gasteiger charge is 2.51. The Balaban J connectivity index is 1.32. The van der Waals surface area contributed by atoms with Gasteiger partial charge in [0.25, 0.3) is 0 Å². The molecule has 5 heterocycles. The summed E-state index contributed by atoms with van der Waals surface area (Å²) in [6, 6.07) is 5.76. The Morgan fingerprint density at radius 2 is 2.04 bits per heavy atom. The van der Waals surface area contributed by atoms with E-state index in [1.807, 2.05) is 0 Å². The van der Waals surface area contributed by atoms with Crippen LogP contribution in [0.4, 0.5) is 18.9 Å². The van der Waals surface area contributed by atoms with E-state index in [-0.39, 0.29) is 58.6 Å². The van der Waals surface area contributed by atoms with Crippen molar-refractivity contribution in [3.8, 4) is 22.6 Å². The number of rotatable bonds is 5. The topological polar surface area (TPSA) is 81.6 Å². The lowest BCUT2D eigenvalue weighted by Crippen LogP contribution is -2.61. The molecule has 3 aromatic carbocycles. The Labute approximate surface area is 276 Å². The quantitative estimate of drug-likeness (QED) is 0.293. The maximum atomic E-state index is 17.4. The molecule has 1 unspecified atom stereocenters. The predicted octanol–water partition coefficient (Wildman–Crippen LogP) is 6.34. The van der Waals surface area contributed by atoms with E-state index in [1.165, 1.54) is 18.2 Å². The zero-order valence-electron chi connectivity index (χ0n) is 26.7. The first-order valence-electron chi connectivity index (χ1n) is 16.5. The predicted molar refractivity (Wildman–Crippen MR) is 176 cm³/mol. The molecule has 0 radical (unpaired) electrons. The Morgan fingerprint density at radius 3 is 2.85 bits per heavy atom. The smallest absolute Gasteiger partial charge is 0.235 e. The molecule has 0 amide bonds. The molecule has 0 saturated carbocycles. The lowest BCUT2D eigenvalue weighted by Gasteiger charge is -2.44. The van der Waals surface area contributed by atoms with Crippen molar-refractivity contribution in [2.75, 3.05) is 44.7 Å². The number of alkyl halides is 1. The second-order valence-corrected chi connectivity index (χ2v) is 14.2. The third-order valence-corrected chi connectivity index (χ3v) is 11.3. The Hall–Kier alpha value is -3.25. The number of ether oxygens (including phenoxy) is 2. The van der Waals surface area contributed by atoms with Crippen LogP contribution in [0.5, 0.6) is 11.5 Å². The van der Waals surface area contributed by atoms with E-state index in [4.69, 9.17) is 26.1 Å². The summed E-state index contributed by atoms with van der Waals surface area (Å²) < 4.78 is 60.1. The fraction of sp³-hybridized carbons (Fsp3) is 0.514. The number of anilines is 1. The third kappa shape index (κ3) is 4.79. The van der Waals surface area contributed by atoms with Gasteiger partial charge in [-0.05, 0) is 72.8 Å². The van der Waals surface area contributed by atoms with Gasteiger partial charge < -0.3 is 30.1 Å². The molecular weight excluding hydrogens is 631 g/mol. The molecule has 0 aromatic heterocycles. The molecule has 12 heteroatoms. The molecule has 3 saturated heterocycles. The number of hydrogen-bond donors (Lipinski definition) is 3. The highest BCUT2D eigenvalue weighted by molar-refractivity contribution is 6.36. The number of nitrogens with one attached hydrogen (secondary N) is 2. The molecule has 0 aliphatic carbocycles. The standard InChI is InChI=1S/C35H39ClF3N5O3/c1-4-24-25-16-46-32-28-31(30(39)27(29(32)36)22-13-21(45)12-19-6-7-23(38)18(2)26(19)22)41-34(3,42-33(28)44(25)11-9-40-24)47-17-35-8-5-10-43(35)15-20(37)14-35/h6-7,12-13,20,24-25,40-41,45H,4-5,8-11,14-17H2,1-3H3/t20-,24+,25-,34?,35+/m1/s1. The van der Waals surface area contributed by atoms with E-state index in [1.54, 1.807) is 19.9 Å². The SMILES string of the molecule is CC[C@@H]1NCCN2C3=NC(C)(OC[C@@]45CCCN4C[C@H](F)C5)Nc4c(F)c(-c5cc(O)cc6ccc(F)c(C)c56)c(Cl)c(c43)OC[C@H]12. The van der Waals surface area contributed by atoms with E-state index in [2.05, 4.69) is 27.4 Å². The summed E-state index contributed by atoms with van der Waals surface area (Å²) >= 11 is 7.13. The monoisotopic (exact) mass is 669 g/mol. The van der Waals surface area contributed by atoms with Crippen molar-refractivity contribution in [2.24, 2.45) is 4.99 Å². The Morgan fingerprint density at radius 1 is 1.21 bits per heavy atom. The molecule has 5 aliphatic heterocycles. The van der Waals surface area contributed by atoms with Crippen molar-refractivity contribution >= 4 is 33.9 Å². The van der Waals surface area contributed by atoms with E-state index >= 15 is 4.39 Å². The Bertz CT molecular complexity index is 1830. The number of hydrogen-bond acceptors (Lipinski definition) is 8. The van der Waals surface area contributed by atoms with Gasteiger partial charge in [-0.25, -0.2) is 18.2 Å². The lowest BCUT2D eigenvalue weighted by atomic mass is 9.91. The summed E-state index contributed by atoms with van der Waals surface area (Å²) in [6.07, 6.45) is 2.10. The largest absolute Gasteiger partial charge is 0.508 e. The van der Waals surface area contributed by atoms with Crippen molar-refractivity contribution < 1.29 is 27.8 Å². The number of aryl methyl sites for hydroxylation is 1. The fourth-order valence-electron chi connectivity index (χ4n) is 8.64. The first kappa shape index (κ1) is 31.0. The zero-order chi connectivity index (χ0) is 32.8. The summed E-state index contributed by atoms with van der Waals surface area (Å²) in [5.74, 6) is -1.89. The van der Waals surface area contributed by atoms with Gasteiger partial charge in [-0.2, -0.15) is 0 Å². The molecule has 3 N–H and O–H groups in total. The van der Waals surface area contributed by atoms with Crippen LogP contribution in [0.15, 0.2) is 29.3 Å². The van der Waals surface area contributed by atoms with Gasteiger partial charge >= 0.3 is 0 Å². The van der Waals surface area contributed by atoms with Crippen molar-refractivity contribution in [3.05, 3.63) is 52.0 Å². The van der Waals surface area contributed by atoms with Crippen molar-refractivity contribution in [3.63, 3.8) is 0 Å². The average Bonchev–Trinajstić information content (AvgIpc) is 3.51. The minimum atomic E-state index is -1.41. The maximum Gasteiger partial charge on any atom is 0.235 e. The van der Waals surface area contributed by atoms with Crippen LogP contribution in [0.1, 0.15) is 50.7 Å². The second-order valence-electron chi connectivity index (χ2n) is 13.8. The zero-order valence-corrected chi connectivity index (χ0v) is 27.5. The Kier molecular flexibility index (Phi) is 7.36. The van der Waals surface area contributed by atoms with Gasteiger partial charge in [-0.15, -0.1) is 0 Å². The molecule has 5 aliphatic rings. The average molecular weight is 670 g/mol. The molecule has 3 fully saturated rings. The van der Waals surface area contributed by atoms with Gasteiger partial charge in [0.05, 0.1) is 28.9 Å². The first-order valence-corrected chi connectivity index (χ1v) is 16.9. The third-order valence-electron chi connectivity index (χ3n) is 10.9. The van der Waals surface area contributed by atoms with E-state index in [0.717, 1.165) is 25.8 Å². The van der Waals surface area contributed by atoms with Crippen molar-refractivity contribution in [1.29, 1.82) is 0 Å². The molecule has 5 atom stereocenters. The number of aliphatic imine (C=N–C) groups is 1. The highest BCUT2D eigenvalue weighted by Crippen LogP contribution is 2.52. The fourth-order valence-corrected chi connectivity index (χ4v) is 8.97. The molecule has 8 rings (SSSR count). The lowest BCUT2D eigenvalue weighted by molar-refractivity contribution is -0.0540. The second kappa shape index (κ2) is 11.1. The van der Waals surface area contributed by atoms with Gasteiger partial charge in [0.1, 0.15) is 30.2 Å². The van der Waals surface area contributed by atoms with Crippen LogP contribution in [-0.2, 0) is 4.74 Å². The molecule has 47 heavy (non-hydrogen) atoms.